The van der Waals surface area contributed by atoms with Gasteiger partial charge in [0.15, 0.2) is 0 Å². The molecule has 0 radical (unpaired) electrons. The van der Waals surface area contributed by atoms with Crippen LogP contribution in [0, 0.1) is 13.8 Å². The number of nitrogens with one attached hydrogen (secondary N) is 5. The number of H-pyrrole nitrogens is 1. The number of aromatic nitrogens is 8. The van der Waals surface area contributed by atoms with Crippen LogP contribution in [0.3, 0.4) is 0 Å². The lowest BCUT2D eigenvalue weighted by Crippen LogP contribution is -2.30. The fourth-order valence-corrected chi connectivity index (χ4v) is 3.78. The minimum absolute atomic E-state index is 0.0573. The highest BCUT2D eigenvalue weighted by Crippen LogP contribution is 2.34. The first kappa shape index (κ1) is 29.0. The Balaban J connectivity index is 0.000000186. The summed E-state index contributed by atoms with van der Waals surface area (Å²) in [6.07, 6.45) is 1.43. The highest BCUT2D eigenvalue weighted by Gasteiger charge is 2.35. The van der Waals surface area contributed by atoms with Crippen LogP contribution < -0.4 is 21.3 Å². The number of aryl methyl sites for hydroxylation is 2. The normalized spacial score (nSPS) is 13.2. The summed E-state index contributed by atoms with van der Waals surface area (Å²) >= 11 is 3.43. The van der Waals surface area contributed by atoms with E-state index in [4.69, 9.17) is 4.74 Å². The van der Waals surface area contributed by atoms with E-state index in [-0.39, 0.29) is 11.8 Å². The summed E-state index contributed by atoms with van der Waals surface area (Å²) in [6.45, 7) is 7.99. The quantitative estimate of drug-likeness (QED) is 0.183. The SMILES string of the molecule is CCNc1nc(Nc2cn(C3COC3)nc2C)ncc1Br.CNc1nc(Nc2cn[nH]c2C)ncc1C(F)(F)F. The fraction of sp³-hybridized carbons (Fsp3) is 0.391. The average molecular weight is 625 g/mol. The predicted octanol–water partition coefficient (Wildman–Crippen LogP) is 4.80. The summed E-state index contributed by atoms with van der Waals surface area (Å²) in [5, 5.41) is 22.5. The number of aromatic amines is 1. The van der Waals surface area contributed by atoms with Gasteiger partial charge in [-0.1, -0.05) is 0 Å². The molecule has 0 bridgehead atoms. The Morgan fingerprint density at radius 2 is 1.73 bits per heavy atom. The van der Waals surface area contributed by atoms with Crippen LogP contribution in [0.4, 0.5) is 48.1 Å². The molecule has 4 aromatic heterocycles. The fourth-order valence-electron chi connectivity index (χ4n) is 3.44. The third-order valence-corrected chi connectivity index (χ3v) is 6.23. The van der Waals surface area contributed by atoms with Crippen molar-refractivity contribution in [3.05, 3.63) is 46.2 Å². The van der Waals surface area contributed by atoms with Crippen LogP contribution in [0.25, 0.3) is 0 Å². The molecular weight excluding hydrogens is 597 g/mol. The first-order chi connectivity index (χ1) is 19.1. The summed E-state index contributed by atoms with van der Waals surface area (Å²) in [7, 11) is 1.37. The molecule has 5 N–H and O–H groups in total. The van der Waals surface area contributed by atoms with Crippen LogP contribution in [-0.2, 0) is 10.9 Å². The third kappa shape index (κ3) is 6.95. The molecule has 1 aliphatic heterocycles. The second-order valence-corrected chi connectivity index (χ2v) is 9.44. The van der Waals surface area contributed by atoms with E-state index in [0.29, 0.717) is 17.7 Å². The maximum Gasteiger partial charge on any atom is 0.421 e. The van der Waals surface area contributed by atoms with E-state index in [1.807, 2.05) is 24.7 Å². The monoisotopic (exact) mass is 624 g/mol. The number of alkyl halides is 3. The highest BCUT2D eigenvalue weighted by atomic mass is 79.9. The molecule has 214 valence electrons. The second-order valence-electron chi connectivity index (χ2n) is 8.58. The number of ether oxygens (including phenoxy) is 1. The van der Waals surface area contributed by atoms with Gasteiger partial charge >= 0.3 is 6.18 Å². The van der Waals surface area contributed by atoms with Crippen molar-refractivity contribution < 1.29 is 17.9 Å². The van der Waals surface area contributed by atoms with Gasteiger partial charge in [-0.15, -0.1) is 0 Å². The van der Waals surface area contributed by atoms with E-state index in [1.165, 1.54) is 13.2 Å². The van der Waals surface area contributed by atoms with Gasteiger partial charge in [0.25, 0.3) is 0 Å². The molecule has 0 aliphatic carbocycles. The van der Waals surface area contributed by atoms with Gasteiger partial charge < -0.3 is 26.0 Å². The van der Waals surface area contributed by atoms with Gasteiger partial charge in [-0.25, -0.2) is 9.97 Å². The molecule has 13 nitrogen and oxygen atoms in total. The lowest BCUT2D eigenvalue weighted by atomic mass is 10.3. The van der Waals surface area contributed by atoms with E-state index in [9.17, 15) is 13.2 Å². The van der Waals surface area contributed by atoms with Crippen molar-refractivity contribution in [3.8, 4) is 0 Å². The van der Waals surface area contributed by atoms with Gasteiger partial charge in [-0.05, 0) is 36.7 Å². The Bertz CT molecular complexity index is 1440. The first-order valence-electron chi connectivity index (χ1n) is 12.1. The molecule has 0 unspecified atom stereocenters. The zero-order chi connectivity index (χ0) is 28.9. The van der Waals surface area contributed by atoms with Gasteiger partial charge in [-0.3, -0.25) is 9.78 Å². The predicted molar refractivity (Wildman–Crippen MR) is 147 cm³/mol. The molecule has 0 aromatic carbocycles. The molecule has 0 atom stereocenters. The Morgan fingerprint density at radius 3 is 2.30 bits per heavy atom. The Hall–Kier alpha value is -3.99. The largest absolute Gasteiger partial charge is 0.421 e. The number of rotatable bonds is 8. The van der Waals surface area contributed by atoms with Crippen LogP contribution in [0.1, 0.15) is 29.9 Å². The number of nitrogens with zero attached hydrogens (tertiary/aromatic N) is 7. The van der Waals surface area contributed by atoms with Crippen molar-refractivity contribution >= 4 is 50.8 Å². The van der Waals surface area contributed by atoms with Crippen molar-refractivity contribution in [3.63, 3.8) is 0 Å². The molecule has 1 aliphatic rings. The summed E-state index contributed by atoms with van der Waals surface area (Å²) in [5.74, 6) is 1.09. The lowest BCUT2D eigenvalue weighted by Gasteiger charge is -2.25. The first-order valence-corrected chi connectivity index (χ1v) is 12.9. The van der Waals surface area contributed by atoms with Crippen LogP contribution in [-0.4, -0.2) is 66.7 Å². The smallest absolute Gasteiger partial charge is 0.377 e. The summed E-state index contributed by atoms with van der Waals surface area (Å²) in [5.41, 5.74) is 2.24. The maximum atomic E-state index is 12.7. The summed E-state index contributed by atoms with van der Waals surface area (Å²) in [6, 6.07) is 0.336. The van der Waals surface area contributed by atoms with E-state index in [0.717, 1.165) is 53.3 Å². The average Bonchev–Trinajstić information content (AvgIpc) is 3.44. The molecule has 5 rings (SSSR count). The Kier molecular flexibility index (Phi) is 9.03. The topological polar surface area (TPSA) is 155 Å². The molecule has 1 fully saturated rings. The molecule has 1 saturated heterocycles. The van der Waals surface area contributed by atoms with Crippen LogP contribution in [0.5, 0.6) is 0 Å². The molecule has 0 amide bonds. The van der Waals surface area contributed by atoms with E-state index in [2.05, 4.69) is 72.4 Å². The summed E-state index contributed by atoms with van der Waals surface area (Å²) in [4.78, 5) is 16.1. The van der Waals surface area contributed by atoms with Gasteiger partial charge in [-0.2, -0.15) is 33.3 Å². The van der Waals surface area contributed by atoms with Crippen LogP contribution in [0.15, 0.2) is 29.3 Å². The number of hydrogen-bond acceptors (Lipinski definition) is 11. The highest BCUT2D eigenvalue weighted by molar-refractivity contribution is 9.10. The van der Waals surface area contributed by atoms with E-state index >= 15 is 0 Å². The zero-order valence-electron chi connectivity index (χ0n) is 22.1. The molecule has 0 spiro atoms. The van der Waals surface area contributed by atoms with Gasteiger partial charge in [0.2, 0.25) is 11.9 Å². The van der Waals surface area contributed by atoms with Crippen molar-refractivity contribution in [2.45, 2.75) is 33.0 Å². The van der Waals surface area contributed by atoms with Crippen LogP contribution >= 0.6 is 15.9 Å². The van der Waals surface area contributed by atoms with Crippen molar-refractivity contribution in [2.75, 3.05) is 48.1 Å². The van der Waals surface area contributed by atoms with Gasteiger partial charge in [0.1, 0.15) is 17.2 Å². The Morgan fingerprint density at radius 1 is 1.05 bits per heavy atom. The van der Waals surface area contributed by atoms with E-state index < -0.39 is 11.7 Å². The van der Waals surface area contributed by atoms with Crippen LogP contribution in [0.2, 0.25) is 0 Å². The van der Waals surface area contributed by atoms with Crippen molar-refractivity contribution in [1.29, 1.82) is 0 Å². The van der Waals surface area contributed by atoms with E-state index in [1.54, 1.807) is 13.1 Å². The maximum absolute atomic E-state index is 12.7. The standard InChI is InChI=1S/C13H17BrN6O.C10H11F3N6/c1-3-15-12-10(14)4-16-13(18-12)17-11-5-20(19-8(11)2)9-6-21-7-9;1-5-7(4-16-19-5)17-9-15-3-6(10(11,12)13)8(14-2)18-9/h4-5,9H,3,6-7H2,1-2H3,(H2,15,16,17,18);3-4H,1-2H3,(H,16,19)(H2,14,15,17,18). The third-order valence-electron chi connectivity index (χ3n) is 5.65. The number of anilines is 6. The lowest BCUT2D eigenvalue weighted by molar-refractivity contribution is -0.137. The molecular formula is C23H28BrF3N12O. The van der Waals surface area contributed by atoms with Crippen molar-refractivity contribution in [2.24, 2.45) is 0 Å². The van der Waals surface area contributed by atoms with Gasteiger partial charge in [0, 0.05) is 32.2 Å². The zero-order valence-corrected chi connectivity index (χ0v) is 23.6. The number of halogens is 4. The molecule has 0 saturated carbocycles. The molecule has 4 aromatic rings. The Labute approximate surface area is 235 Å². The van der Waals surface area contributed by atoms with Crippen molar-refractivity contribution in [1.82, 2.24) is 39.9 Å². The summed E-state index contributed by atoms with van der Waals surface area (Å²) < 4.78 is 45.9. The second kappa shape index (κ2) is 12.5. The van der Waals surface area contributed by atoms with Gasteiger partial charge in [0.05, 0.1) is 52.7 Å². The molecule has 17 heteroatoms. The minimum Gasteiger partial charge on any atom is -0.377 e. The molecule has 40 heavy (non-hydrogen) atoms. The molecule has 5 heterocycles. The minimum atomic E-state index is -4.50. The number of hydrogen-bond donors (Lipinski definition) is 5.